The van der Waals surface area contributed by atoms with Gasteiger partial charge in [0.15, 0.2) is 17.9 Å². The molecule has 0 radical (unpaired) electrons. The Balaban J connectivity index is 0.633. The van der Waals surface area contributed by atoms with Crippen molar-refractivity contribution in [3.05, 3.63) is 24.3 Å². The number of carbonyl (C=O) groups is 1. The maximum atomic E-state index is 14.5. The first-order valence-corrected chi connectivity index (χ1v) is 30.0. The summed E-state index contributed by atoms with van der Waals surface area (Å²) in [5.41, 5.74) is 2.27. The molecule has 16 rings (SSSR count). The van der Waals surface area contributed by atoms with Gasteiger partial charge in [-0.2, -0.15) is 0 Å². The quantitative estimate of drug-likeness (QED) is 0.217. The molecule has 2 spiro atoms. The predicted molar refractivity (Wildman–Crippen MR) is 265 cm³/mol. The van der Waals surface area contributed by atoms with Crippen LogP contribution in [0.1, 0.15) is 136 Å². The van der Waals surface area contributed by atoms with Crippen LogP contribution in [0.25, 0.3) is 0 Å². The summed E-state index contributed by atoms with van der Waals surface area (Å²) >= 11 is 0. The molecule has 19 heteroatoms. The maximum Gasteiger partial charge on any atom is 0.308 e. The minimum Gasteiger partial charge on any atom is -0.459 e. The third-order valence-corrected chi connectivity index (χ3v) is 21.3. The van der Waals surface area contributed by atoms with Crippen LogP contribution in [0.15, 0.2) is 24.3 Å². The Bertz CT molecular complexity index is 2250. The van der Waals surface area contributed by atoms with Crippen LogP contribution in [0.4, 0.5) is 0 Å². The van der Waals surface area contributed by atoms with Crippen LogP contribution in [-0.4, -0.2) is 198 Å². The second kappa shape index (κ2) is 20.0. The van der Waals surface area contributed by atoms with Gasteiger partial charge >= 0.3 is 5.97 Å². The van der Waals surface area contributed by atoms with Crippen molar-refractivity contribution in [1.82, 2.24) is 0 Å². The molecule has 428 valence electrons. The number of aliphatic hydroxyl groups is 3. The Morgan fingerprint density at radius 3 is 2.26 bits per heavy atom. The first-order chi connectivity index (χ1) is 37.2. The van der Waals surface area contributed by atoms with Crippen molar-refractivity contribution in [2.45, 2.75) is 306 Å². The third kappa shape index (κ3) is 9.30. The molecule has 16 aliphatic heterocycles. The van der Waals surface area contributed by atoms with E-state index >= 15 is 0 Å². The number of hydrogen-bond donors (Lipinski definition) is 3. The SMILES string of the molecule is C=C1C[C@@H]2CCC3CC(CCC1O2)OC(C[C@@H]1OC2CC4O[C@]5(CC4OC2C(C)C1OC(=O)CC1CC[C@@H]2O[C@@H]4C6OC7CC(O[C@H]6[C@H]2O1)O[C@@H]74)C[C@@H]1O[C@]2(CC[C@@H]4OC(C(O)CC(O)CO)C[C@@H]4O2)CC(C)[C@@H]1O5)C3=C. The zero-order valence-corrected chi connectivity index (χ0v) is 44.7. The molecule has 0 aromatic rings. The summed E-state index contributed by atoms with van der Waals surface area (Å²) in [4.78, 5) is 14.5. The van der Waals surface area contributed by atoms with Crippen LogP contribution in [0, 0.1) is 17.8 Å². The summed E-state index contributed by atoms with van der Waals surface area (Å²) in [6, 6.07) is 0. The zero-order valence-electron chi connectivity index (χ0n) is 44.7. The molecule has 16 saturated heterocycles. The molecule has 16 aliphatic rings. The van der Waals surface area contributed by atoms with Gasteiger partial charge in [-0.3, -0.25) is 4.79 Å². The second-order valence-electron chi connectivity index (χ2n) is 26.4. The van der Waals surface area contributed by atoms with Gasteiger partial charge in [-0.15, -0.1) is 0 Å². The van der Waals surface area contributed by atoms with Crippen molar-refractivity contribution in [2.75, 3.05) is 6.61 Å². The number of aliphatic hydroxyl groups excluding tert-OH is 3. The second-order valence-corrected chi connectivity index (χ2v) is 26.4. The van der Waals surface area contributed by atoms with Gasteiger partial charge in [0.2, 0.25) is 0 Å². The molecule has 3 N–H and O–H groups in total. The largest absolute Gasteiger partial charge is 0.459 e. The number of fused-ring (bicyclic) bond motifs is 9. The summed E-state index contributed by atoms with van der Waals surface area (Å²) in [5, 5.41) is 30.2. The van der Waals surface area contributed by atoms with Crippen molar-refractivity contribution in [2.24, 2.45) is 17.8 Å². The molecular formula is C58H82O19. The van der Waals surface area contributed by atoms with Gasteiger partial charge < -0.3 is 86.4 Å². The molecule has 0 aromatic heterocycles. The van der Waals surface area contributed by atoms with E-state index in [1.165, 1.54) is 5.57 Å². The first kappa shape index (κ1) is 52.1. The van der Waals surface area contributed by atoms with Gasteiger partial charge in [-0.25, -0.2) is 0 Å². The van der Waals surface area contributed by atoms with Crippen LogP contribution < -0.4 is 0 Å². The minimum absolute atomic E-state index is 0.0238. The van der Waals surface area contributed by atoms with E-state index in [9.17, 15) is 20.1 Å². The minimum atomic E-state index is -1.01. The van der Waals surface area contributed by atoms with Crippen LogP contribution in [0.2, 0.25) is 0 Å². The standard InChI is InChI=1S/C58H82O19/c1-25-13-31-6-5-29-14-32(7-9-35(25)63-31)64-38(27(29)3)17-42-51(71-47(62)16-33-8-10-37-52(65-33)55-56-54(68-37)53-44(69-56)20-48(72-53)73-55)28(4)50-43(67-42)19-41-45(70-50)22-58(75-41)23-46-49(77-58)26(2)21-57(76-46)12-11-36-40(74-57)18-39(66-36)34(61)15-30(60)24-59/h26,28-46,48-56,59-61H,1,3,5-24H2,2,4H3/t26?,28?,29?,30?,31-,32?,33?,34?,35?,36-,37-,38?,39?,40-,41?,42-,43?,44?,45?,46-,48?,49-,50?,51?,52-,53-,54-,55-,56?,57+,58-/m0/s1. The Morgan fingerprint density at radius 2 is 1.38 bits per heavy atom. The average Bonchev–Trinajstić information content (AvgIpc) is 4.46. The van der Waals surface area contributed by atoms with Crippen LogP contribution in [0.5, 0.6) is 0 Å². The van der Waals surface area contributed by atoms with Crippen molar-refractivity contribution >= 4 is 5.97 Å². The smallest absolute Gasteiger partial charge is 0.308 e. The van der Waals surface area contributed by atoms with Crippen molar-refractivity contribution in [3.8, 4) is 0 Å². The molecule has 0 saturated carbocycles. The molecule has 19 nitrogen and oxygen atoms in total. The highest BCUT2D eigenvalue weighted by Gasteiger charge is 2.67. The number of carbonyl (C=O) groups excluding carboxylic acids is 1. The molecule has 0 aromatic carbocycles. The van der Waals surface area contributed by atoms with Gasteiger partial charge in [0.25, 0.3) is 0 Å². The zero-order chi connectivity index (χ0) is 52.2. The van der Waals surface area contributed by atoms with E-state index in [0.29, 0.717) is 57.8 Å². The summed E-state index contributed by atoms with van der Waals surface area (Å²) in [7, 11) is 0. The van der Waals surface area contributed by atoms with Gasteiger partial charge in [-0.1, -0.05) is 27.0 Å². The Morgan fingerprint density at radius 1 is 0.636 bits per heavy atom. The van der Waals surface area contributed by atoms with Gasteiger partial charge in [0, 0.05) is 63.7 Å². The van der Waals surface area contributed by atoms with E-state index in [4.69, 9.17) is 77.6 Å². The number of rotatable bonds is 9. The summed E-state index contributed by atoms with van der Waals surface area (Å²) in [6.07, 6.45) is 4.64. The topological polar surface area (TPSA) is 216 Å². The monoisotopic (exact) mass is 1080 g/mol. The van der Waals surface area contributed by atoms with Crippen LogP contribution >= 0.6 is 0 Å². The fraction of sp³-hybridized carbons (Fsp3) is 0.914. The number of ether oxygens (including phenoxy) is 15. The third-order valence-electron chi connectivity index (χ3n) is 21.3. The normalized spacial score (nSPS) is 55.8. The molecule has 16 fully saturated rings. The molecular weight excluding hydrogens is 1000 g/mol. The van der Waals surface area contributed by atoms with Crippen molar-refractivity contribution < 1.29 is 91.2 Å². The van der Waals surface area contributed by atoms with E-state index in [0.717, 1.165) is 56.9 Å². The lowest BCUT2D eigenvalue weighted by Gasteiger charge is -2.50. The lowest BCUT2D eigenvalue weighted by Crippen LogP contribution is -2.61. The van der Waals surface area contributed by atoms with E-state index in [2.05, 4.69) is 20.4 Å². The molecule has 0 aliphatic carbocycles. The highest BCUT2D eigenvalue weighted by Crippen LogP contribution is 2.56. The fourth-order valence-corrected chi connectivity index (χ4v) is 17.6. The Labute approximate surface area is 450 Å². The molecule has 10 bridgehead atoms. The average molecular weight is 1080 g/mol. The van der Waals surface area contributed by atoms with Gasteiger partial charge in [0.05, 0.1) is 129 Å². The first-order valence-electron chi connectivity index (χ1n) is 30.0. The van der Waals surface area contributed by atoms with Crippen LogP contribution in [-0.2, 0) is 75.8 Å². The number of esters is 1. The van der Waals surface area contributed by atoms with Crippen molar-refractivity contribution in [1.29, 1.82) is 0 Å². The van der Waals surface area contributed by atoms with Crippen molar-refractivity contribution in [3.63, 3.8) is 0 Å². The molecule has 0 amide bonds. The molecule has 18 unspecified atom stereocenters. The van der Waals surface area contributed by atoms with Gasteiger partial charge in [-0.05, 0) is 80.8 Å². The molecule has 16 heterocycles. The summed E-state index contributed by atoms with van der Waals surface area (Å²) in [5.74, 6) is -1.90. The van der Waals surface area contributed by atoms with Crippen LogP contribution in [0.3, 0.4) is 0 Å². The summed E-state index contributed by atoms with van der Waals surface area (Å²) in [6.45, 7) is 13.0. The van der Waals surface area contributed by atoms with E-state index in [-0.39, 0.29) is 165 Å². The lowest BCUT2D eigenvalue weighted by atomic mass is 9.78. The Kier molecular flexibility index (Phi) is 13.5. The van der Waals surface area contributed by atoms with Gasteiger partial charge in [0.1, 0.15) is 36.6 Å². The fourth-order valence-electron chi connectivity index (χ4n) is 17.6. The van der Waals surface area contributed by atoms with E-state index < -0.39 is 48.7 Å². The Hall–Kier alpha value is -1.73. The predicted octanol–water partition coefficient (Wildman–Crippen LogP) is 4.29. The van der Waals surface area contributed by atoms with E-state index in [1.807, 2.05) is 0 Å². The molecule has 31 atom stereocenters. The maximum absolute atomic E-state index is 14.5. The van der Waals surface area contributed by atoms with E-state index in [1.54, 1.807) is 0 Å². The number of hydrogen-bond acceptors (Lipinski definition) is 19. The lowest BCUT2D eigenvalue weighted by molar-refractivity contribution is -0.339. The molecule has 77 heavy (non-hydrogen) atoms. The highest BCUT2D eigenvalue weighted by atomic mass is 16.8. The highest BCUT2D eigenvalue weighted by molar-refractivity contribution is 5.70. The summed E-state index contributed by atoms with van der Waals surface area (Å²) < 4.78 is 101.